The van der Waals surface area contributed by atoms with Gasteiger partial charge in [-0.15, -0.1) is 0 Å². The Morgan fingerprint density at radius 3 is 2.19 bits per heavy atom. The predicted octanol–water partition coefficient (Wildman–Crippen LogP) is 6.68. The zero-order valence-corrected chi connectivity index (χ0v) is 31.9. The molecular weight excluding hydrogens is 762 g/mol. The summed E-state index contributed by atoms with van der Waals surface area (Å²) in [5.41, 5.74) is 13.9. The first kappa shape index (κ1) is 38.3. The van der Waals surface area contributed by atoms with Crippen LogP contribution in [0.15, 0.2) is 79.0 Å². The maximum atomic E-state index is 13.8. The van der Waals surface area contributed by atoms with E-state index in [2.05, 4.69) is 26.8 Å². The summed E-state index contributed by atoms with van der Waals surface area (Å²) < 4.78 is 66.1. The lowest BCUT2D eigenvalue weighted by atomic mass is 9.93. The van der Waals surface area contributed by atoms with Gasteiger partial charge in [0.25, 0.3) is 0 Å². The highest BCUT2D eigenvalue weighted by Crippen LogP contribution is 2.46. The second kappa shape index (κ2) is 14.1. The average molecular weight is 801 g/mol. The minimum atomic E-state index is -5.33. The van der Waals surface area contributed by atoms with Crippen LogP contribution in [0.3, 0.4) is 0 Å². The Hall–Kier alpha value is -5.58. The van der Waals surface area contributed by atoms with E-state index in [0.29, 0.717) is 49.5 Å². The van der Waals surface area contributed by atoms with Gasteiger partial charge in [-0.05, 0) is 85.3 Å². The normalized spacial score (nSPS) is 17.5. The number of nitrogens with two attached hydrogens (primary N) is 1. The number of hydrogen-bond donors (Lipinski definition) is 2. The third-order valence-corrected chi connectivity index (χ3v) is 12.9. The van der Waals surface area contributed by atoms with Crippen LogP contribution in [0.2, 0.25) is 0 Å². The number of ether oxygens (including phenoxy) is 1. The van der Waals surface area contributed by atoms with Gasteiger partial charge in [0.2, 0.25) is 0 Å². The van der Waals surface area contributed by atoms with E-state index < -0.39 is 34.0 Å². The van der Waals surface area contributed by atoms with Crippen molar-refractivity contribution in [3.05, 3.63) is 101 Å². The molecule has 2 fully saturated rings. The molecule has 57 heavy (non-hydrogen) atoms. The SMILES string of the molecule is CN1C(=O)N(c2ccc(C(=O)OC(=O)C(F)(F)F)cc2)Cc2c1cnc1[nH]c(-c3ccc(CN4CCC(S(C)(=O)=O)CC4)cc3)c(-c3ccc(C4(N)CC4)cc3)c21. The number of alkyl halides is 3. The smallest absolute Gasteiger partial charge is 0.383 e. The van der Waals surface area contributed by atoms with Crippen LogP contribution in [0.25, 0.3) is 33.4 Å². The average Bonchev–Trinajstić information content (AvgIpc) is 3.82. The Labute approximate surface area is 326 Å². The molecule has 16 heteroatoms. The molecule has 1 saturated heterocycles. The number of amides is 2. The lowest BCUT2D eigenvalue weighted by Crippen LogP contribution is -2.45. The second-order valence-electron chi connectivity index (χ2n) is 15.1. The fraction of sp³-hybridized carbons (Fsp3) is 0.317. The first-order valence-corrected chi connectivity index (χ1v) is 20.4. The van der Waals surface area contributed by atoms with Gasteiger partial charge in [0.05, 0.1) is 34.9 Å². The molecule has 1 saturated carbocycles. The number of esters is 2. The molecule has 2 aliphatic heterocycles. The highest BCUT2D eigenvalue weighted by atomic mass is 32.2. The van der Waals surface area contributed by atoms with E-state index in [0.717, 1.165) is 57.3 Å². The molecule has 0 radical (unpaired) electrons. The first-order chi connectivity index (χ1) is 27.0. The number of urea groups is 1. The molecule has 4 heterocycles. The van der Waals surface area contributed by atoms with Crippen LogP contribution in [0.1, 0.15) is 52.7 Å². The molecule has 3 aliphatic rings. The number of pyridine rings is 1. The van der Waals surface area contributed by atoms with E-state index >= 15 is 0 Å². The number of aromatic nitrogens is 2. The standard InChI is InChI=1S/C41H39F3N6O6S/c1-48-32-21-46-36-34(31(32)23-50(39(48)53)29-13-9-27(10-14-29)37(51)56-38(52)41(42,43)44)33(25-7-11-28(12-8-25)40(45)17-18-40)35(47-36)26-5-3-24(4-6-26)22-49-19-15-30(16-20-49)57(2,54)55/h3-14,21,30H,15-20,22-23,45H2,1-2H3,(H,46,47). The van der Waals surface area contributed by atoms with Crippen molar-refractivity contribution in [1.29, 1.82) is 0 Å². The number of anilines is 2. The Balaban J connectivity index is 1.14. The van der Waals surface area contributed by atoms with E-state index in [1.165, 1.54) is 40.3 Å². The summed E-state index contributed by atoms with van der Waals surface area (Å²) in [7, 11) is -1.44. The van der Waals surface area contributed by atoms with Crippen LogP contribution in [-0.4, -0.2) is 79.1 Å². The second-order valence-corrected chi connectivity index (χ2v) is 17.4. The molecule has 0 atom stereocenters. The topological polar surface area (TPSA) is 159 Å². The minimum absolute atomic E-state index is 0.0944. The zero-order valence-electron chi connectivity index (χ0n) is 31.1. The molecule has 8 rings (SSSR count). The van der Waals surface area contributed by atoms with Crippen molar-refractivity contribution in [1.82, 2.24) is 14.9 Å². The predicted molar refractivity (Wildman–Crippen MR) is 208 cm³/mol. The van der Waals surface area contributed by atoms with E-state index in [4.69, 9.17) is 10.7 Å². The van der Waals surface area contributed by atoms with Crippen LogP contribution >= 0.6 is 0 Å². The molecular formula is C41H39F3N6O6S. The monoisotopic (exact) mass is 800 g/mol. The molecule has 2 amide bonds. The molecule has 5 aromatic rings. The molecule has 1 aliphatic carbocycles. The van der Waals surface area contributed by atoms with Crippen molar-refractivity contribution in [2.75, 3.05) is 36.2 Å². The Bertz CT molecular complexity index is 2510. The highest BCUT2D eigenvalue weighted by Gasteiger charge is 2.43. The number of sulfone groups is 1. The number of aromatic amines is 1. The van der Waals surface area contributed by atoms with Crippen LogP contribution < -0.4 is 15.5 Å². The number of carbonyl (C=O) groups is 3. The van der Waals surface area contributed by atoms with Gasteiger partial charge in [-0.3, -0.25) is 14.7 Å². The van der Waals surface area contributed by atoms with E-state index in [1.54, 1.807) is 13.2 Å². The number of nitrogens with one attached hydrogen (secondary N) is 1. The molecule has 3 N–H and O–H groups in total. The summed E-state index contributed by atoms with van der Waals surface area (Å²) in [5, 5.41) is 0.491. The highest BCUT2D eigenvalue weighted by molar-refractivity contribution is 7.91. The third-order valence-electron chi connectivity index (χ3n) is 11.3. The largest absolute Gasteiger partial charge is 0.491 e. The maximum Gasteiger partial charge on any atom is 0.491 e. The summed E-state index contributed by atoms with van der Waals surface area (Å²) in [6.45, 7) is 2.20. The molecule has 0 bridgehead atoms. The number of hydrogen-bond acceptors (Lipinski definition) is 9. The first-order valence-electron chi connectivity index (χ1n) is 18.4. The summed E-state index contributed by atoms with van der Waals surface area (Å²) in [4.78, 5) is 50.8. The Morgan fingerprint density at radius 2 is 1.60 bits per heavy atom. The molecule has 12 nitrogen and oxygen atoms in total. The number of H-pyrrole nitrogens is 1. The summed E-state index contributed by atoms with van der Waals surface area (Å²) in [5.74, 6) is -4.09. The summed E-state index contributed by atoms with van der Waals surface area (Å²) in [6, 6.07) is 21.2. The number of likely N-dealkylation sites (tertiary alicyclic amines) is 1. The number of benzene rings is 3. The van der Waals surface area contributed by atoms with Gasteiger partial charge in [-0.1, -0.05) is 48.5 Å². The fourth-order valence-corrected chi connectivity index (χ4v) is 8.84. The fourth-order valence-electron chi connectivity index (χ4n) is 7.78. The zero-order chi connectivity index (χ0) is 40.4. The molecule has 296 valence electrons. The summed E-state index contributed by atoms with van der Waals surface area (Å²) in [6.07, 6.45) is 0.661. The van der Waals surface area contributed by atoms with Crippen molar-refractivity contribution in [3.63, 3.8) is 0 Å². The van der Waals surface area contributed by atoms with Crippen LogP contribution in [0, 0.1) is 0 Å². The lowest BCUT2D eigenvalue weighted by molar-refractivity contribution is -0.193. The van der Waals surface area contributed by atoms with Gasteiger partial charge in [-0.2, -0.15) is 13.2 Å². The van der Waals surface area contributed by atoms with Crippen molar-refractivity contribution in [2.45, 2.75) is 55.7 Å². The number of nitrogens with zero attached hydrogens (tertiary/aromatic N) is 4. The van der Waals surface area contributed by atoms with E-state index in [1.807, 2.05) is 36.4 Å². The molecule has 0 spiro atoms. The molecule has 3 aromatic carbocycles. The van der Waals surface area contributed by atoms with E-state index in [9.17, 15) is 36.0 Å². The number of fused-ring (bicyclic) bond motifs is 3. The minimum Gasteiger partial charge on any atom is -0.383 e. The summed E-state index contributed by atoms with van der Waals surface area (Å²) >= 11 is 0. The van der Waals surface area contributed by atoms with Crippen molar-refractivity contribution in [3.8, 4) is 22.4 Å². The van der Waals surface area contributed by atoms with Gasteiger partial charge in [0.15, 0.2) is 0 Å². The maximum absolute atomic E-state index is 13.8. The number of carbonyl (C=O) groups excluding carboxylic acids is 3. The molecule has 0 unspecified atom stereocenters. The van der Waals surface area contributed by atoms with Crippen molar-refractivity contribution in [2.24, 2.45) is 5.73 Å². The van der Waals surface area contributed by atoms with Crippen LogP contribution in [-0.2, 0) is 38.0 Å². The van der Waals surface area contributed by atoms with Crippen LogP contribution in [0.4, 0.5) is 29.3 Å². The van der Waals surface area contributed by atoms with Gasteiger partial charge >= 0.3 is 24.1 Å². The van der Waals surface area contributed by atoms with Gasteiger partial charge in [-0.25, -0.2) is 27.8 Å². The third kappa shape index (κ3) is 7.40. The van der Waals surface area contributed by atoms with Crippen molar-refractivity contribution < 1.29 is 40.7 Å². The molecule has 2 aromatic heterocycles. The van der Waals surface area contributed by atoms with Crippen molar-refractivity contribution >= 4 is 50.2 Å². The lowest BCUT2D eigenvalue weighted by Gasteiger charge is -2.35. The van der Waals surface area contributed by atoms with E-state index in [-0.39, 0.29) is 22.9 Å². The quantitative estimate of drug-likeness (QED) is 0.129. The number of piperidine rings is 1. The van der Waals surface area contributed by atoms with Gasteiger partial charge in [0.1, 0.15) is 15.5 Å². The van der Waals surface area contributed by atoms with Gasteiger partial charge in [0, 0.05) is 47.6 Å². The number of rotatable bonds is 8. The van der Waals surface area contributed by atoms with Gasteiger partial charge < -0.3 is 15.5 Å². The Morgan fingerprint density at radius 1 is 0.965 bits per heavy atom. The Kier molecular flexibility index (Phi) is 9.48. The number of halogens is 3. The van der Waals surface area contributed by atoms with Crippen LogP contribution in [0.5, 0.6) is 0 Å².